The van der Waals surface area contributed by atoms with Crippen molar-refractivity contribution >= 4 is 34.4 Å². The molecule has 0 saturated heterocycles. The maximum absolute atomic E-state index is 12.2. The van der Waals surface area contributed by atoms with Crippen LogP contribution in [0.5, 0.6) is 5.75 Å². The number of fused-ring (bicyclic) bond motifs is 2. The summed E-state index contributed by atoms with van der Waals surface area (Å²) in [6.07, 6.45) is 2.75. The molecular formula is C20H21N3O2S. The summed E-state index contributed by atoms with van der Waals surface area (Å²) in [6, 6.07) is 10.1. The quantitative estimate of drug-likeness (QED) is 0.670. The number of amides is 1. The van der Waals surface area contributed by atoms with Crippen molar-refractivity contribution in [1.29, 1.82) is 0 Å². The number of ether oxygens (including phenoxy) is 1. The number of nitrogens with zero attached hydrogens (tertiary/aromatic N) is 1. The number of aromatic amines is 1. The van der Waals surface area contributed by atoms with Crippen LogP contribution in [0.3, 0.4) is 0 Å². The summed E-state index contributed by atoms with van der Waals surface area (Å²) in [7, 11) is 1.67. The molecule has 5 nitrogen and oxygen atoms in total. The van der Waals surface area contributed by atoms with Crippen molar-refractivity contribution in [3.63, 3.8) is 0 Å². The van der Waals surface area contributed by atoms with Gasteiger partial charge in [-0.2, -0.15) is 0 Å². The minimum absolute atomic E-state index is 0.0504. The van der Waals surface area contributed by atoms with Gasteiger partial charge < -0.3 is 15.0 Å². The molecule has 134 valence electrons. The second kappa shape index (κ2) is 6.06. The molecule has 1 aromatic heterocycles. The predicted molar refractivity (Wildman–Crippen MR) is 106 cm³/mol. The van der Waals surface area contributed by atoms with Gasteiger partial charge in [-0.25, -0.2) is 4.98 Å². The molecule has 0 spiro atoms. The summed E-state index contributed by atoms with van der Waals surface area (Å²) >= 11 is 1.67. The van der Waals surface area contributed by atoms with Crippen LogP contribution in [-0.2, 0) is 11.2 Å². The first-order valence-corrected chi connectivity index (χ1v) is 9.70. The average Bonchev–Trinajstić information content (AvgIpc) is 3.02. The van der Waals surface area contributed by atoms with Crippen molar-refractivity contribution in [2.75, 3.05) is 18.7 Å². The summed E-state index contributed by atoms with van der Waals surface area (Å²) in [5.41, 5.74) is 4.28. The van der Waals surface area contributed by atoms with Crippen LogP contribution in [0.25, 0.3) is 22.4 Å². The van der Waals surface area contributed by atoms with Gasteiger partial charge in [-0.1, -0.05) is 13.8 Å². The topological polar surface area (TPSA) is 67.0 Å². The van der Waals surface area contributed by atoms with Crippen molar-refractivity contribution < 1.29 is 9.53 Å². The van der Waals surface area contributed by atoms with Crippen LogP contribution in [0.4, 0.5) is 5.69 Å². The number of aromatic nitrogens is 2. The Morgan fingerprint density at radius 3 is 2.77 bits per heavy atom. The van der Waals surface area contributed by atoms with E-state index in [0.29, 0.717) is 6.42 Å². The van der Waals surface area contributed by atoms with Gasteiger partial charge in [-0.3, -0.25) is 4.79 Å². The fourth-order valence-electron chi connectivity index (χ4n) is 3.33. The molecule has 0 aliphatic carbocycles. The van der Waals surface area contributed by atoms with E-state index in [9.17, 15) is 4.79 Å². The number of H-pyrrole nitrogens is 1. The Kier molecular flexibility index (Phi) is 3.95. The van der Waals surface area contributed by atoms with Crippen LogP contribution < -0.4 is 10.1 Å². The van der Waals surface area contributed by atoms with Crippen molar-refractivity contribution in [1.82, 2.24) is 9.97 Å². The lowest BCUT2D eigenvalue weighted by atomic mass is 9.81. The van der Waals surface area contributed by atoms with Crippen LogP contribution in [0.2, 0.25) is 0 Å². The predicted octanol–water partition coefficient (Wildman–Crippen LogP) is 4.48. The number of thioether (sulfide) groups is 1. The third kappa shape index (κ3) is 2.74. The number of imidazole rings is 1. The number of nitrogens with one attached hydrogen (secondary N) is 2. The molecule has 0 fully saturated rings. The molecule has 0 atom stereocenters. The van der Waals surface area contributed by atoms with E-state index in [1.54, 1.807) is 18.9 Å². The molecule has 0 unspecified atom stereocenters. The van der Waals surface area contributed by atoms with E-state index in [1.165, 1.54) is 0 Å². The third-order valence-electron chi connectivity index (χ3n) is 4.87. The molecule has 0 saturated carbocycles. The zero-order valence-electron chi connectivity index (χ0n) is 15.3. The van der Waals surface area contributed by atoms with Crippen LogP contribution in [0.1, 0.15) is 19.4 Å². The smallest absolute Gasteiger partial charge is 0.230 e. The minimum Gasteiger partial charge on any atom is -0.496 e. The number of benzene rings is 2. The summed E-state index contributed by atoms with van der Waals surface area (Å²) in [5.74, 6) is 1.60. The van der Waals surface area contributed by atoms with Crippen molar-refractivity contribution in [3.05, 3.63) is 35.9 Å². The Balaban J connectivity index is 1.81. The van der Waals surface area contributed by atoms with E-state index < -0.39 is 5.41 Å². The van der Waals surface area contributed by atoms with Crippen molar-refractivity contribution in [3.8, 4) is 17.1 Å². The number of methoxy groups -OCH3 is 1. The fourth-order valence-corrected chi connectivity index (χ4v) is 3.76. The summed E-state index contributed by atoms with van der Waals surface area (Å²) < 4.78 is 5.55. The highest BCUT2D eigenvalue weighted by atomic mass is 32.2. The van der Waals surface area contributed by atoms with Crippen LogP contribution in [-0.4, -0.2) is 29.2 Å². The molecule has 1 aliphatic rings. The molecule has 26 heavy (non-hydrogen) atoms. The highest BCUT2D eigenvalue weighted by molar-refractivity contribution is 7.98. The van der Waals surface area contributed by atoms with Gasteiger partial charge in [-0.15, -0.1) is 11.8 Å². The Morgan fingerprint density at radius 1 is 1.23 bits per heavy atom. The average molecular weight is 367 g/mol. The summed E-state index contributed by atoms with van der Waals surface area (Å²) in [4.78, 5) is 21.5. The number of carbonyl (C=O) groups is 1. The van der Waals surface area contributed by atoms with Gasteiger partial charge in [0, 0.05) is 16.0 Å². The van der Waals surface area contributed by atoms with E-state index in [0.717, 1.165) is 44.3 Å². The highest BCUT2D eigenvalue weighted by Gasteiger charge is 2.33. The minimum atomic E-state index is -0.402. The van der Waals surface area contributed by atoms with Gasteiger partial charge >= 0.3 is 0 Å². The highest BCUT2D eigenvalue weighted by Crippen LogP contribution is 2.37. The SMILES string of the molecule is COc1cc(SC)ccc1-c1nc2cc3c(cc2[nH]1)CC(C)(C)C(=O)N3. The maximum Gasteiger partial charge on any atom is 0.230 e. The first kappa shape index (κ1) is 17.0. The molecule has 1 aliphatic heterocycles. The van der Waals surface area contributed by atoms with Gasteiger partial charge in [0.25, 0.3) is 0 Å². The molecule has 0 bridgehead atoms. The Morgan fingerprint density at radius 2 is 2.04 bits per heavy atom. The first-order chi connectivity index (χ1) is 12.4. The molecule has 2 N–H and O–H groups in total. The molecule has 4 rings (SSSR count). The van der Waals surface area contributed by atoms with Crippen molar-refractivity contribution in [2.45, 2.75) is 25.2 Å². The van der Waals surface area contributed by atoms with Crippen LogP contribution >= 0.6 is 11.8 Å². The Hall–Kier alpha value is -2.47. The van der Waals surface area contributed by atoms with Gasteiger partial charge in [0.05, 0.1) is 23.7 Å². The summed E-state index contributed by atoms with van der Waals surface area (Å²) in [5, 5.41) is 3.01. The molecule has 0 radical (unpaired) electrons. The van der Waals surface area contributed by atoms with E-state index in [4.69, 9.17) is 9.72 Å². The first-order valence-electron chi connectivity index (χ1n) is 8.48. The largest absolute Gasteiger partial charge is 0.496 e. The van der Waals surface area contributed by atoms with E-state index in [2.05, 4.69) is 22.4 Å². The van der Waals surface area contributed by atoms with Crippen molar-refractivity contribution in [2.24, 2.45) is 5.41 Å². The Labute approximate surface area is 156 Å². The number of anilines is 1. The molecular weight excluding hydrogens is 346 g/mol. The number of carbonyl (C=O) groups excluding carboxylic acids is 1. The number of hydrogen-bond acceptors (Lipinski definition) is 4. The normalized spacial score (nSPS) is 15.6. The zero-order valence-corrected chi connectivity index (χ0v) is 16.1. The van der Waals surface area contributed by atoms with Crippen LogP contribution in [0, 0.1) is 5.41 Å². The Bertz CT molecular complexity index is 1020. The van der Waals surface area contributed by atoms with Gasteiger partial charge in [0.2, 0.25) is 5.91 Å². The van der Waals surface area contributed by atoms with E-state index in [1.807, 2.05) is 38.3 Å². The van der Waals surface area contributed by atoms with E-state index >= 15 is 0 Å². The molecule has 6 heteroatoms. The molecule has 1 amide bonds. The lowest BCUT2D eigenvalue weighted by Crippen LogP contribution is -2.36. The van der Waals surface area contributed by atoms with Gasteiger partial charge in [0.1, 0.15) is 11.6 Å². The maximum atomic E-state index is 12.2. The van der Waals surface area contributed by atoms with Gasteiger partial charge in [-0.05, 0) is 48.6 Å². The molecule has 2 heterocycles. The monoisotopic (exact) mass is 367 g/mol. The number of hydrogen-bond donors (Lipinski definition) is 2. The van der Waals surface area contributed by atoms with Gasteiger partial charge in [0.15, 0.2) is 0 Å². The lowest BCUT2D eigenvalue weighted by Gasteiger charge is -2.30. The second-order valence-corrected chi connectivity index (χ2v) is 8.07. The standard InChI is InChI=1S/C20H21N3O2S/c1-20(2)10-11-7-15-16(9-14(11)23-19(20)24)22-18(21-15)13-6-5-12(26-4)8-17(13)25-3/h5-9H,10H2,1-4H3,(H,21,22)(H,23,24). The third-order valence-corrected chi connectivity index (χ3v) is 5.59. The summed E-state index contributed by atoms with van der Waals surface area (Å²) in [6.45, 7) is 3.93. The van der Waals surface area contributed by atoms with Crippen LogP contribution in [0.15, 0.2) is 35.2 Å². The fraction of sp³-hybridized carbons (Fsp3) is 0.300. The molecule has 2 aromatic carbocycles. The van der Waals surface area contributed by atoms with E-state index in [-0.39, 0.29) is 5.91 Å². The number of rotatable bonds is 3. The zero-order chi connectivity index (χ0) is 18.5. The lowest BCUT2D eigenvalue weighted by molar-refractivity contribution is -0.124. The molecule has 3 aromatic rings. The second-order valence-electron chi connectivity index (χ2n) is 7.19.